The molecule has 36 heavy (non-hydrogen) atoms. The van der Waals surface area contributed by atoms with E-state index in [1.807, 2.05) is 30.3 Å². The normalized spacial score (nSPS) is 11.8. The van der Waals surface area contributed by atoms with E-state index in [2.05, 4.69) is 14.7 Å². The molecule has 1 heterocycles. The number of carbonyl (C=O) groups excluding carboxylic acids is 1. The minimum Gasteiger partial charge on any atom is -0.465 e. The van der Waals surface area contributed by atoms with Crippen LogP contribution in [0.25, 0.3) is 11.0 Å². The summed E-state index contributed by atoms with van der Waals surface area (Å²) in [6.45, 7) is 0. The zero-order valence-corrected chi connectivity index (χ0v) is 19.9. The number of ether oxygens (including phenoxy) is 2. The molecule has 0 aliphatic heterocycles. The lowest BCUT2D eigenvalue weighted by Crippen LogP contribution is -2.30. The van der Waals surface area contributed by atoms with Gasteiger partial charge in [0.25, 0.3) is 5.88 Å². The van der Waals surface area contributed by atoms with Gasteiger partial charge in [-0.05, 0) is 42.5 Å². The number of para-hydroxylation sites is 2. The molecule has 0 bridgehead atoms. The number of sulfonamides is 1. The average Bonchev–Trinajstić information content (AvgIpc) is 2.84. The second-order valence-electron chi connectivity index (χ2n) is 7.09. The largest absolute Gasteiger partial charge is 0.516 e. The number of benzene rings is 3. The molecule has 1 N–H and O–H groups in total. The predicted molar refractivity (Wildman–Crippen MR) is 127 cm³/mol. The van der Waals surface area contributed by atoms with Crippen LogP contribution < -0.4 is 9.46 Å². The van der Waals surface area contributed by atoms with E-state index in [4.69, 9.17) is 4.74 Å². The summed E-state index contributed by atoms with van der Waals surface area (Å²) in [5, 5.41) is 0.390. The van der Waals surface area contributed by atoms with Gasteiger partial charge in [0.2, 0.25) is 0 Å². The molecule has 0 radical (unpaired) electrons. The highest BCUT2D eigenvalue weighted by atomic mass is 32.2. The molecule has 1 aromatic heterocycles. The topological polar surface area (TPSA) is 107 Å². The standard InChI is InChI=1S/C23H16F3N3O5S2/c1-33-22(30)16-13-14(11-12-17(16)29-36(31,32)23(24,25)26)34-20-21(35-15-7-3-2-4-8-15)28-19-10-6-5-9-18(19)27-20/h2-13,29H,1H3. The van der Waals surface area contributed by atoms with Crippen LogP contribution in [-0.2, 0) is 14.8 Å². The van der Waals surface area contributed by atoms with Gasteiger partial charge in [0.15, 0.2) is 5.03 Å². The van der Waals surface area contributed by atoms with E-state index in [1.165, 1.54) is 22.6 Å². The van der Waals surface area contributed by atoms with Gasteiger partial charge in [0.05, 0.1) is 29.4 Å². The van der Waals surface area contributed by atoms with Gasteiger partial charge in [-0.25, -0.2) is 14.8 Å². The molecular weight excluding hydrogens is 519 g/mol. The summed E-state index contributed by atoms with van der Waals surface area (Å²) in [6.07, 6.45) is 0. The van der Waals surface area contributed by atoms with Crippen molar-refractivity contribution in [2.45, 2.75) is 15.4 Å². The lowest BCUT2D eigenvalue weighted by molar-refractivity contribution is -0.0429. The van der Waals surface area contributed by atoms with Crippen LogP contribution in [0.3, 0.4) is 0 Å². The van der Waals surface area contributed by atoms with Gasteiger partial charge < -0.3 is 9.47 Å². The lowest BCUT2D eigenvalue weighted by atomic mass is 10.2. The Morgan fingerprint density at radius 3 is 2.22 bits per heavy atom. The van der Waals surface area contributed by atoms with E-state index in [1.54, 1.807) is 24.3 Å². The Bertz CT molecular complexity index is 1530. The number of aromatic nitrogens is 2. The summed E-state index contributed by atoms with van der Waals surface area (Å²) in [7, 11) is -4.78. The fourth-order valence-electron chi connectivity index (χ4n) is 2.97. The number of hydrogen-bond acceptors (Lipinski definition) is 8. The first kappa shape index (κ1) is 25.3. The highest BCUT2D eigenvalue weighted by molar-refractivity contribution is 7.99. The van der Waals surface area contributed by atoms with Gasteiger partial charge in [-0.15, -0.1) is 0 Å². The quantitative estimate of drug-likeness (QED) is 0.304. The Balaban J connectivity index is 1.75. The van der Waals surface area contributed by atoms with E-state index in [-0.39, 0.29) is 11.6 Å². The number of anilines is 1. The van der Waals surface area contributed by atoms with Crippen molar-refractivity contribution in [3.05, 3.63) is 78.4 Å². The highest BCUT2D eigenvalue weighted by Crippen LogP contribution is 2.37. The predicted octanol–water partition coefficient (Wildman–Crippen LogP) is 5.62. The fourth-order valence-corrected chi connectivity index (χ4v) is 4.39. The second-order valence-corrected chi connectivity index (χ2v) is 9.83. The van der Waals surface area contributed by atoms with Crippen molar-refractivity contribution >= 4 is 44.5 Å². The number of halogens is 3. The van der Waals surface area contributed by atoms with E-state index < -0.39 is 32.8 Å². The maximum absolute atomic E-state index is 12.8. The van der Waals surface area contributed by atoms with Crippen molar-refractivity contribution in [2.24, 2.45) is 0 Å². The number of esters is 1. The number of hydrogen-bond donors (Lipinski definition) is 1. The fraction of sp³-hybridized carbons (Fsp3) is 0.0870. The molecule has 0 atom stereocenters. The zero-order valence-electron chi connectivity index (χ0n) is 18.3. The summed E-state index contributed by atoms with van der Waals surface area (Å²) >= 11 is 1.27. The summed E-state index contributed by atoms with van der Waals surface area (Å²) in [5.74, 6) is -1.02. The van der Waals surface area contributed by atoms with Crippen LogP contribution in [0.5, 0.6) is 11.6 Å². The van der Waals surface area contributed by atoms with E-state index in [0.29, 0.717) is 16.1 Å². The molecule has 3 aromatic carbocycles. The number of carbonyl (C=O) groups is 1. The summed E-state index contributed by atoms with van der Waals surface area (Å²) in [6, 6.07) is 19.5. The Labute approximate surface area is 207 Å². The van der Waals surface area contributed by atoms with Crippen LogP contribution in [0.15, 0.2) is 82.7 Å². The van der Waals surface area contributed by atoms with Crippen molar-refractivity contribution < 1.29 is 35.9 Å². The molecule has 0 spiro atoms. The minimum absolute atomic E-state index is 0.00940. The molecule has 0 aliphatic carbocycles. The molecule has 0 aliphatic rings. The number of alkyl halides is 3. The minimum atomic E-state index is -5.78. The molecule has 8 nitrogen and oxygen atoms in total. The van der Waals surface area contributed by atoms with Gasteiger partial charge in [-0.1, -0.05) is 42.1 Å². The SMILES string of the molecule is COC(=O)c1cc(Oc2nc3ccccc3nc2Sc2ccccc2)ccc1NS(=O)(=O)C(F)(F)F. The van der Waals surface area contributed by atoms with Crippen LogP contribution in [0.4, 0.5) is 18.9 Å². The van der Waals surface area contributed by atoms with Crippen molar-refractivity contribution in [2.75, 3.05) is 11.8 Å². The van der Waals surface area contributed by atoms with Crippen LogP contribution in [0, 0.1) is 0 Å². The monoisotopic (exact) mass is 535 g/mol. The average molecular weight is 536 g/mol. The molecule has 4 aromatic rings. The number of methoxy groups -OCH3 is 1. The van der Waals surface area contributed by atoms with E-state index in [9.17, 15) is 26.4 Å². The van der Waals surface area contributed by atoms with Crippen LogP contribution >= 0.6 is 11.8 Å². The van der Waals surface area contributed by atoms with Crippen molar-refractivity contribution in [3.8, 4) is 11.6 Å². The molecule has 0 amide bonds. The van der Waals surface area contributed by atoms with Crippen molar-refractivity contribution in [1.82, 2.24) is 9.97 Å². The molecule has 0 unspecified atom stereocenters. The second kappa shape index (κ2) is 10.0. The Hall–Kier alpha value is -3.84. The third-order valence-electron chi connectivity index (χ3n) is 4.63. The Morgan fingerprint density at radius 1 is 0.944 bits per heavy atom. The molecule has 0 saturated carbocycles. The Kier molecular flexibility index (Phi) is 7.04. The number of nitrogens with one attached hydrogen (secondary N) is 1. The maximum Gasteiger partial charge on any atom is 0.516 e. The van der Waals surface area contributed by atoms with Gasteiger partial charge >= 0.3 is 21.5 Å². The maximum atomic E-state index is 12.8. The van der Waals surface area contributed by atoms with E-state index >= 15 is 0 Å². The third-order valence-corrected chi connectivity index (χ3v) is 6.69. The molecule has 0 fully saturated rings. The molecule has 13 heteroatoms. The first-order chi connectivity index (χ1) is 17.1. The molecule has 4 rings (SSSR count). The number of fused-ring (bicyclic) bond motifs is 1. The summed E-state index contributed by atoms with van der Waals surface area (Å²) in [4.78, 5) is 22.2. The van der Waals surface area contributed by atoms with Crippen molar-refractivity contribution in [1.29, 1.82) is 0 Å². The van der Waals surface area contributed by atoms with Gasteiger partial charge in [-0.3, -0.25) is 4.72 Å². The van der Waals surface area contributed by atoms with E-state index in [0.717, 1.165) is 24.1 Å². The lowest BCUT2D eigenvalue weighted by Gasteiger charge is -2.15. The Morgan fingerprint density at radius 2 is 1.58 bits per heavy atom. The van der Waals surface area contributed by atoms with Crippen molar-refractivity contribution in [3.63, 3.8) is 0 Å². The molecule has 186 valence electrons. The van der Waals surface area contributed by atoms with Crippen LogP contribution in [0.2, 0.25) is 0 Å². The van der Waals surface area contributed by atoms with Gasteiger partial charge in [-0.2, -0.15) is 21.6 Å². The molecular formula is C23H16F3N3O5S2. The van der Waals surface area contributed by atoms with Crippen LogP contribution in [-0.4, -0.2) is 37.0 Å². The third kappa shape index (κ3) is 5.52. The number of nitrogens with zero attached hydrogens (tertiary/aromatic N) is 2. The first-order valence-corrected chi connectivity index (χ1v) is 12.4. The smallest absolute Gasteiger partial charge is 0.465 e. The van der Waals surface area contributed by atoms with Crippen LogP contribution in [0.1, 0.15) is 10.4 Å². The summed E-state index contributed by atoms with van der Waals surface area (Å²) in [5.41, 5.74) is -5.58. The number of rotatable bonds is 7. The van der Waals surface area contributed by atoms with Gasteiger partial charge in [0, 0.05) is 4.90 Å². The first-order valence-electron chi connectivity index (χ1n) is 10.1. The van der Waals surface area contributed by atoms with Gasteiger partial charge in [0.1, 0.15) is 5.75 Å². The highest BCUT2D eigenvalue weighted by Gasteiger charge is 2.46. The molecule has 0 saturated heterocycles. The zero-order chi connectivity index (χ0) is 25.9. The summed E-state index contributed by atoms with van der Waals surface area (Å²) < 4.78 is 73.5.